The molecule has 0 saturated heterocycles. The van der Waals surface area contributed by atoms with E-state index in [-0.39, 0.29) is 0 Å². The van der Waals surface area contributed by atoms with Crippen LogP contribution in [0.4, 0.5) is 0 Å². The first-order valence-electron chi connectivity index (χ1n) is 2.68. The van der Waals surface area contributed by atoms with Gasteiger partial charge >= 0.3 is 0 Å². The van der Waals surface area contributed by atoms with E-state index < -0.39 is 10.9 Å². The minimum Gasteiger partial charge on any atom is -0.265 e. The molecule has 1 atom stereocenters. The summed E-state index contributed by atoms with van der Waals surface area (Å²) >= 11 is 0. The summed E-state index contributed by atoms with van der Waals surface area (Å²) in [7, 11) is -0.802. The van der Waals surface area contributed by atoms with E-state index in [0.717, 1.165) is 4.91 Å². The van der Waals surface area contributed by atoms with Crippen LogP contribution in [0.2, 0.25) is 0 Å². The van der Waals surface area contributed by atoms with Crippen LogP contribution in [0.15, 0.2) is 23.1 Å². The van der Waals surface area contributed by atoms with Crippen molar-refractivity contribution in [3.63, 3.8) is 0 Å². The Bertz CT molecular complexity index is 158. The molecule has 0 aromatic carbocycles. The maximum absolute atomic E-state index is 7.07. The van der Waals surface area contributed by atoms with Gasteiger partial charge in [0.05, 0.1) is 0 Å². The standard InChI is InChI=1S/C6H12N2S/c1-3-4-5-6(2)9(7)8/h3-5H,1-2H3,(H3,7,8)/b4-3?,6-5+. The van der Waals surface area contributed by atoms with E-state index in [1.54, 1.807) is 0 Å². The van der Waals surface area contributed by atoms with Crippen molar-refractivity contribution in [2.24, 2.45) is 5.14 Å². The SMILES string of the molecule is CC=C/C=C(\C)S(=N)N. The second-order valence-electron chi connectivity index (χ2n) is 1.64. The minimum absolute atomic E-state index is 0.802. The predicted molar refractivity (Wildman–Crippen MR) is 42.8 cm³/mol. The molecular formula is C6H12N2S. The molecule has 0 rings (SSSR count). The maximum atomic E-state index is 7.07. The molecule has 3 heteroatoms. The van der Waals surface area contributed by atoms with Gasteiger partial charge in [0.25, 0.3) is 0 Å². The zero-order chi connectivity index (χ0) is 7.28. The second kappa shape index (κ2) is 4.47. The summed E-state index contributed by atoms with van der Waals surface area (Å²) in [5.41, 5.74) is 0. The number of hydrogen-bond acceptors (Lipinski definition) is 1. The van der Waals surface area contributed by atoms with Crippen LogP contribution in [0.3, 0.4) is 0 Å². The number of hydrogen-bond donors (Lipinski definition) is 2. The molecule has 0 bridgehead atoms. The van der Waals surface area contributed by atoms with Gasteiger partial charge in [0.1, 0.15) is 0 Å². The summed E-state index contributed by atoms with van der Waals surface area (Å²) in [4.78, 5) is 0.910. The Morgan fingerprint density at radius 3 is 2.56 bits per heavy atom. The van der Waals surface area contributed by atoms with E-state index in [4.69, 9.17) is 9.92 Å². The Morgan fingerprint density at radius 2 is 2.22 bits per heavy atom. The third-order valence-corrected chi connectivity index (χ3v) is 1.70. The molecule has 0 aliphatic rings. The second-order valence-corrected chi connectivity index (χ2v) is 2.96. The van der Waals surface area contributed by atoms with Crippen LogP contribution < -0.4 is 5.14 Å². The van der Waals surface area contributed by atoms with Gasteiger partial charge in [-0.05, 0) is 24.7 Å². The lowest BCUT2D eigenvalue weighted by Gasteiger charge is -1.92. The highest BCUT2D eigenvalue weighted by atomic mass is 32.2. The fraction of sp³-hybridized carbons (Fsp3) is 0.333. The highest BCUT2D eigenvalue weighted by Gasteiger charge is 1.84. The topological polar surface area (TPSA) is 49.9 Å². The van der Waals surface area contributed by atoms with Crippen LogP contribution in [0, 0.1) is 4.78 Å². The van der Waals surface area contributed by atoms with Crippen molar-refractivity contribution in [3.05, 3.63) is 23.1 Å². The van der Waals surface area contributed by atoms with Crippen LogP contribution in [0.5, 0.6) is 0 Å². The Balaban J connectivity index is 4.00. The number of nitrogens with two attached hydrogens (primary N) is 1. The fourth-order valence-corrected chi connectivity index (χ4v) is 0.530. The van der Waals surface area contributed by atoms with Gasteiger partial charge < -0.3 is 0 Å². The van der Waals surface area contributed by atoms with E-state index in [9.17, 15) is 0 Å². The van der Waals surface area contributed by atoms with E-state index in [1.165, 1.54) is 0 Å². The minimum atomic E-state index is -0.802. The van der Waals surface area contributed by atoms with E-state index >= 15 is 0 Å². The summed E-state index contributed by atoms with van der Waals surface area (Å²) < 4.78 is 7.07. The first-order chi connectivity index (χ1) is 4.18. The average Bonchev–Trinajstić information content (AvgIpc) is 1.82. The normalized spacial score (nSPS) is 16.6. The zero-order valence-electron chi connectivity index (χ0n) is 5.72. The third kappa shape index (κ3) is 4.12. The smallest absolute Gasteiger partial charge is 0.00716 e. The molecule has 2 nitrogen and oxygen atoms in total. The number of allylic oxidation sites excluding steroid dienone is 4. The largest absolute Gasteiger partial charge is 0.265 e. The summed E-state index contributed by atoms with van der Waals surface area (Å²) in [5, 5.41) is 5.27. The van der Waals surface area contributed by atoms with Gasteiger partial charge in [-0.25, -0.2) is 0 Å². The first-order valence-corrected chi connectivity index (χ1v) is 3.96. The molecule has 0 heterocycles. The maximum Gasteiger partial charge on any atom is 0.00716 e. The predicted octanol–water partition coefficient (Wildman–Crippen LogP) is 1.72. The highest BCUT2D eigenvalue weighted by Crippen LogP contribution is 1.94. The molecule has 0 aliphatic heterocycles. The zero-order valence-corrected chi connectivity index (χ0v) is 6.53. The first kappa shape index (κ1) is 8.59. The summed E-state index contributed by atoms with van der Waals surface area (Å²) in [6, 6.07) is 0. The Labute approximate surface area is 58.5 Å². The van der Waals surface area contributed by atoms with E-state index in [0.29, 0.717) is 0 Å². The van der Waals surface area contributed by atoms with Crippen LogP contribution in [0.25, 0.3) is 0 Å². The van der Waals surface area contributed by atoms with Crippen LogP contribution >= 0.6 is 0 Å². The lowest BCUT2D eigenvalue weighted by atomic mass is 10.5. The van der Waals surface area contributed by atoms with Crippen molar-refractivity contribution in [2.75, 3.05) is 0 Å². The van der Waals surface area contributed by atoms with Crippen molar-refractivity contribution in [1.29, 1.82) is 4.78 Å². The fourth-order valence-electron chi connectivity index (χ4n) is 0.305. The molecule has 1 unspecified atom stereocenters. The quantitative estimate of drug-likeness (QED) is 0.570. The molecule has 0 saturated carbocycles. The van der Waals surface area contributed by atoms with Gasteiger partial charge in [-0.2, -0.15) is 0 Å². The molecule has 0 aromatic heterocycles. The Hall–Kier alpha value is -0.410. The van der Waals surface area contributed by atoms with Gasteiger partial charge in [-0.15, -0.1) is 0 Å². The molecular weight excluding hydrogens is 132 g/mol. The van der Waals surface area contributed by atoms with Crippen LogP contribution in [-0.4, -0.2) is 0 Å². The Kier molecular flexibility index (Phi) is 4.26. The number of rotatable bonds is 2. The van der Waals surface area contributed by atoms with E-state index in [2.05, 4.69) is 0 Å². The van der Waals surface area contributed by atoms with Crippen molar-refractivity contribution in [1.82, 2.24) is 0 Å². The molecule has 0 spiro atoms. The average molecular weight is 144 g/mol. The monoisotopic (exact) mass is 144 g/mol. The molecule has 0 amide bonds. The van der Waals surface area contributed by atoms with Crippen molar-refractivity contribution in [2.45, 2.75) is 13.8 Å². The van der Waals surface area contributed by atoms with Crippen molar-refractivity contribution >= 4 is 10.9 Å². The van der Waals surface area contributed by atoms with Crippen molar-refractivity contribution < 1.29 is 0 Å². The molecule has 3 N–H and O–H groups in total. The lowest BCUT2D eigenvalue weighted by molar-refractivity contribution is 1.55. The number of nitrogens with one attached hydrogen (secondary N) is 1. The molecule has 0 aliphatic carbocycles. The van der Waals surface area contributed by atoms with Gasteiger partial charge in [0, 0.05) is 4.91 Å². The molecule has 0 aromatic rings. The molecule has 0 radical (unpaired) electrons. The van der Waals surface area contributed by atoms with Gasteiger partial charge in [-0.3, -0.25) is 9.92 Å². The van der Waals surface area contributed by atoms with Crippen LogP contribution in [0.1, 0.15) is 13.8 Å². The molecule has 52 valence electrons. The van der Waals surface area contributed by atoms with Gasteiger partial charge in [0.15, 0.2) is 0 Å². The molecule has 0 fully saturated rings. The van der Waals surface area contributed by atoms with Gasteiger partial charge in [0.2, 0.25) is 0 Å². The summed E-state index contributed by atoms with van der Waals surface area (Å²) in [5.74, 6) is 0. The summed E-state index contributed by atoms with van der Waals surface area (Å²) in [6.45, 7) is 3.79. The van der Waals surface area contributed by atoms with Gasteiger partial charge in [-0.1, -0.05) is 18.2 Å². The molecule has 9 heavy (non-hydrogen) atoms. The van der Waals surface area contributed by atoms with Crippen molar-refractivity contribution in [3.8, 4) is 0 Å². The summed E-state index contributed by atoms with van der Waals surface area (Å²) in [6.07, 6.45) is 5.66. The highest BCUT2D eigenvalue weighted by molar-refractivity contribution is 7.87. The lowest BCUT2D eigenvalue weighted by Crippen LogP contribution is -1.99. The third-order valence-electron chi connectivity index (χ3n) is 0.870. The Morgan fingerprint density at radius 1 is 1.67 bits per heavy atom. The van der Waals surface area contributed by atoms with Crippen LogP contribution in [-0.2, 0) is 10.9 Å². The van der Waals surface area contributed by atoms with E-state index in [1.807, 2.05) is 32.1 Å².